The van der Waals surface area contributed by atoms with Gasteiger partial charge in [0.25, 0.3) is 0 Å². The molecule has 0 spiro atoms. The molecular formula is C11H23N3O. The second-order valence-corrected chi connectivity index (χ2v) is 3.96. The van der Waals surface area contributed by atoms with E-state index in [1.54, 1.807) is 0 Å². The van der Waals surface area contributed by atoms with Gasteiger partial charge in [-0.1, -0.05) is 12.8 Å². The zero-order valence-corrected chi connectivity index (χ0v) is 9.67. The third-order valence-electron chi connectivity index (χ3n) is 2.74. The highest BCUT2D eigenvalue weighted by molar-refractivity contribution is 5.81. The summed E-state index contributed by atoms with van der Waals surface area (Å²) in [6.45, 7) is 3.59. The molecule has 0 amide bonds. The Balaban J connectivity index is 2.21. The zero-order chi connectivity index (χ0) is 10.9. The molecule has 1 saturated carbocycles. The van der Waals surface area contributed by atoms with Crippen LogP contribution in [-0.2, 0) is 4.74 Å². The van der Waals surface area contributed by atoms with Gasteiger partial charge in [0.2, 0.25) is 0 Å². The maximum atomic E-state index is 5.44. The minimum atomic E-state index is 0.503. The Morgan fingerprint density at radius 3 is 2.80 bits per heavy atom. The number of aliphatic imine (C=N–C) groups is 1. The lowest BCUT2D eigenvalue weighted by molar-refractivity contribution is 0.146. The van der Waals surface area contributed by atoms with Crippen LogP contribution in [0.25, 0.3) is 0 Å². The number of nitrogens with two attached hydrogens (primary N) is 1. The average Bonchev–Trinajstić information content (AvgIpc) is 2.75. The van der Waals surface area contributed by atoms with Crippen molar-refractivity contribution in [3.8, 4) is 0 Å². The molecule has 0 bridgehead atoms. The Bertz CT molecular complexity index is 188. The summed E-state index contributed by atoms with van der Waals surface area (Å²) in [6.07, 6.45) is 6.94. The minimum absolute atomic E-state index is 0.503. The number of rotatable bonds is 6. The topological polar surface area (TPSA) is 59.6 Å². The molecule has 0 heterocycles. The molecule has 1 rings (SSSR count). The monoisotopic (exact) mass is 213 g/mol. The van der Waals surface area contributed by atoms with Crippen LogP contribution in [0.15, 0.2) is 4.99 Å². The number of nitrogens with one attached hydrogen (secondary N) is 1. The predicted molar refractivity (Wildman–Crippen MR) is 62.7 cm³/mol. The van der Waals surface area contributed by atoms with Crippen LogP contribution in [0, 0.1) is 0 Å². The van der Waals surface area contributed by atoms with Crippen LogP contribution in [0.1, 0.15) is 45.4 Å². The van der Waals surface area contributed by atoms with E-state index in [9.17, 15) is 0 Å². The van der Waals surface area contributed by atoms with Crippen LogP contribution in [0.5, 0.6) is 0 Å². The third kappa shape index (κ3) is 5.14. The van der Waals surface area contributed by atoms with E-state index in [-0.39, 0.29) is 0 Å². The minimum Gasteiger partial charge on any atom is -0.382 e. The van der Waals surface area contributed by atoms with Crippen molar-refractivity contribution in [2.75, 3.05) is 13.2 Å². The Morgan fingerprint density at radius 1 is 1.47 bits per heavy atom. The number of amidine groups is 1. The standard InChI is InChI=1S/C11H23N3O/c1-2-15-9-5-8-11(14-12)13-10-6-3-4-7-10/h10H,2-9,12H2,1H3,(H,13,14). The number of nitrogens with zero attached hydrogens (tertiary/aromatic N) is 1. The van der Waals surface area contributed by atoms with Gasteiger partial charge in [0, 0.05) is 19.6 Å². The van der Waals surface area contributed by atoms with Crippen LogP contribution >= 0.6 is 0 Å². The lowest BCUT2D eigenvalue weighted by Crippen LogP contribution is -2.31. The molecule has 0 atom stereocenters. The summed E-state index contributed by atoms with van der Waals surface area (Å²) in [6, 6.07) is 0.503. The number of hydrazine groups is 1. The molecule has 0 radical (unpaired) electrons. The van der Waals surface area contributed by atoms with Crippen molar-refractivity contribution < 1.29 is 4.74 Å². The van der Waals surface area contributed by atoms with Crippen LogP contribution in [0.4, 0.5) is 0 Å². The van der Waals surface area contributed by atoms with Gasteiger partial charge in [-0.2, -0.15) is 0 Å². The Morgan fingerprint density at radius 2 is 2.20 bits per heavy atom. The SMILES string of the molecule is CCOCCCC(=NC1CCCC1)NN. The van der Waals surface area contributed by atoms with E-state index in [2.05, 4.69) is 10.4 Å². The van der Waals surface area contributed by atoms with Crippen LogP contribution in [0.2, 0.25) is 0 Å². The van der Waals surface area contributed by atoms with Gasteiger partial charge in [-0.05, 0) is 26.2 Å². The molecule has 0 saturated heterocycles. The van der Waals surface area contributed by atoms with E-state index in [1.165, 1.54) is 25.7 Å². The first-order valence-corrected chi connectivity index (χ1v) is 5.97. The van der Waals surface area contributed by atoms with Crippen molar-refractivity contribution >= 4 is 5.84 Å². The summed E-state index contributed by atoms with van der Waals surface area (Å²) >= 11 is 0. The number of hydrogen-bond donors (Lipinski definition) is 2. The molecule has 4 heteroatoms. The summed E-state index contributed by atoms with van der Waals surface area (Å²) in [4.78, 5) is 4.62. The lowest BCUT2D eigenvalue weighted by atomic mass is 10.2. The van der Waals surface area contributed by atoms with E-state index in [1.807, 2.05) is 6.92 Å². The quantitative estimate of drug-likeness (QED) is 0.232. The highest BCUT2D eigenvalue weighted by Crippen LogP contribution is 2.21. The normalized spacial score (nSPS) is 18.4. The zero-order valence-electron chi connectivity index (χ0n) is 9.67. The molecule has 15 heavy (non-hydrogen) atoms. The maximum absolute atomic E-state index is 5.44. The molecule has 4 nitrogen and oxygen atoms in total. The Kier molecular flexibility index (Phi) is 6.36. The first kappa shape index (κ1) is 12.5. The highest BCUT2D eigenvalue weighted by Gasteiger charge is 2.14. The molecule has 0 aliphatic heterocycles. The van der Waals surface area contributed by atoms with Gasteiger partial charge < -0.3 is 10.2 Å². The van der Waals surface area contributed by atoms with Gasteiger partial charge in [0.1, 0.15) is 5.84 Å². The fourth-order valence-corrected chi connectivity index (χ4v) is 1.91. The smallest absolute Gasteiger partial charge is 0.111 e. The number of ether oxygens (including phenoxy) is 1. The summed E-state index contributed by atoms with van der Waals surface area (Å²) in [5.41, 5.74) is 2.70. The van der Waals surface area contributed by atoms with E-state index < -0.39 is 0 Å². The lowest BCUT2D eigenvalue weighted by Gasteiger charge is -2.09. The van der Waals surface area contributed by atoms with Crippen LogP contribution in [0.3, 0.4) is 0 Å². The Labute approximate surface area is 92.3 Å². The Hall–Kier alpha value is -0.610. The molecule has 88 valence electrons. The van der Waals surface area contributed by atoms with Crippen molar-refractivity contribution in [3.63, 3.8) is 0 Å². The van der Waals surface area contributed by atoms with Gasteiger partial charge in [-0.25, -0.2) is 5.84 Å². The maximum Gasteiger partial charge on any atom is 0.111 e. The second-order valence-electron chi connectivity index (χ2n) is 3.96. The molecule has 0 aromatic rings. The van der Waals surface area contributed by atoms with Crippen molar-refractivity contribution in [1.29, 1.82) is 0 Å². The molecule has 0 aromatic carbocycles. The summed E-state index contributed by atoms with van der Waals surface area (Å²) < 4.78 is 5.27. The van der Waals surface area contributed by atoms with E-state index in [0.29, 0.717) is 6.04 Å². The first-order valence-electron chi connectivity index (χ1n) is 5.97. The summed E-state index contributed by atoms with van der Waals surface area (Å²) in [5, 5.41) is 0. The molecule has 0 unspecified atom stereocenters. The molecular weight excluding hydrogens is 190 g/mol. The van der Waals surface area contributed by atoms with Gasteiger partial charge >= 0.3 is 0 Å². The van der Waals surface area contributed by atoms with Gasteiger partial charge in [0.15, 0.2) is 0 Å². The molecule has 1 fully saturated rings. The van der Waals surface area contributed by atoms with E-state index in [0.717, 1.165) is 31.9 Å². The van der Waals surface area contributed by atoms with Crippen molar-refractivity contribution in [3.05, 3.63) is 0 Å². The summed E-state index contributed by atoms with van der Waals surface area (Å²) in [7, 11) is 0. The van der Waals surface area contributed by atoms with E-state index >= 15 is 0 Å². The van der Waals surface area contributed by atoms with Crippen molar-refractivity contribution in [2.45, 2.75) is 51.5 Å². The second kappa shape index (κ2) is 7.65. The molecule has 3 N–H and O–H groups in total. The van der Waals surface area contributed by atoms with Gasteiger partial charge in [-0.3, -0.25) is 4.99 Å². The first-order chi connectivity index (χ1) is 7.36. The van der Waals surface area contributed by atoms with Crippen molar-refractivity contribution in [2.24, 2.45) is 10.8 Å². The van der Waals surface area contributed by atoms with Gasteiger partial charge in [0.05, 0.1) is 6.04 Å². The van der Waals surface area contributed by atoms with Crippen molar-refractivity contribution in [1.82, 2.24) is 5.43 Å². The number of hydrogen-bond acceptors (Lipinski definition) is 3. The third-order valence-corrected chi connectivity index (χ3v) is 2.74. The fraction of sp³-hybridized carbons (Fsp3) is 0.909. The molecule has 1 aliphatic rings. The van der Waals surface area contributed by atoms with Crippen LogP contribution < -0.4 is 11.3 Å². The fourth-order valence-electron chi connectivity index (χ4n) is 1.91. The molecule has 1 aliphatic carbocycles. The largest absolute Gasteiger partial charge is 0.382 e. The van der Waals surface area contributed by atoms with E-state index in [4.69, 9.17) is 10.6 Å². The van der Waals surface area contributed by atoms with Crippen LogP contribution in [-0.4, -0.2) is 25.1 Å². The summed E-state index contributed by atoms with van der Waals surface area (Å²) in [5.74, 6) is 6.38. The molecule has 0 aromatic heterocycles. The van der Waals surface area contributed by atoms with Gasteiger partial charge in [-0.15, -0.1) is 0 Å². The average molecular weight is 213 g/mol. The predicted octanol–water partition coefficient (Wildman–Crippen LogP) is 1.61. The highest BCUT2D eigenvalue weighted by atomic mass is 16.5.